The molecule has 2 rings (SSSR count). The van der Waals surface area contributed by atoms with Crippen LogP contribution in [0, 0.1) is 0 Å². The van der Waals surface area contributed by atoms with Gasteiger partial charge in [0, 0.05) is 23.8 Å². The van der Waals surface area contributed by atoms with Crippen molar-refractivity contribution in [2.45, 2.75) is 45.6 Å². The fourth-order valence-corrected chi connectivity index (χ4v) is 2.72. The predicted octanol–water partition coefficient (Wildman–Crippen LogP) is 3.95. The van der Waals surface area contributed by atoms with Gasteiger partial charge in [0.05, 0.1) is 0 Å². The molecule has 0 aliphatic heterocycles. The van der Waals surface area contributed by atoms with Gasteiger partial charge in [-0.2, -0.15) is 0 Å². The predicted molar refractivity (Wildman–Crippen MR) is 82.4 cm³/mol. The third kappa shape index (κ3) is 3.77. The first kappa shape index (κ1) is 14.0. The second kappa shape index (κ2) is 7.25. The fraction of sp³-hybridized carbons (Fsp3) is 0.471. The van der Waals surface area contributed by atoms with E-state index in [9.17, 15) is 0 Å². The van der Waals surface area contributed by atoms with E-state index in [-0.39, 0.29) is 0 Å². The van der Waals surface area contributed by atoms with Gasteiger partial charge in [-0.15, -0.1) is 0 Å². The van der Waals surface area contributed by atoms with Crippen molar-refractivity contribution in [3.8, 4) is 0 Å². The Morgan fingerprint density at radius 1 is 1.16 bits per heavy atom. The highest BCUT2D eigenvalue weighted by molar-refractivity contribution is 5.84. The van der Waals surface area contributed by atoms with Gasteiger partial charge in [-0.05, 0) is 42.8 Å². The van der Waals surface area contributed by atoms with Crippen molar-refractivity contribution < 1.29 is 0 Å². The Bertz CT molecular complexity index is 496. The minimum Gasteiger partial charge on any atom is -0.314 e. The highest BCUT2D eigenvalue weighted by atomic mass is 14.9. The Kier molecular flexibility index (Phi) is 5.34. The number of nitrogens with zero attached hydrogens (tertiary/aromatic N) is 1. The molecule has 1 heterocycles. The quantitative estimate of drug-likeness (QED) is 0.811. The molecule has 2 heteroatoms. The number of hydrogen-bond acceptors (Lipinski definition) is 2. The van der Waals surface area contributed by atoms with E-state index in [0.717, 1.165) is 13.0 Å². The van der Waals surface area contributed by atoms with E-state index in [4.69, 9.17) is 0 Å². The van der Waals surface area contributed by atoms with E-state index in [1.165, 1.54) is 35.6 Å². The SMILES string of the molecule is CCCC(CCc1cccc2cnccc12)NCC. The molecule has 1 aromatic heterocycles. The molecule has 0 radical (unpaired) electrons. The first-order valence-electron chi connectivity index (χ1n) is 7.40. The lowest BCUT2D eigenvalue weighted by Crippen LogP contribution is -2.29. The van der Waals surface area contributed by atoms with Crippen molar-refractivity contribution >= 4 is 10.8 Å². The van der Waals surface area contributed by atoms with Crippen LogP contribution in [0.25, 0.3) is 10.8 Å². The summed E-state index contributed by atoms with van der Waals surface area (Å²) in [5.74, 6) is 0. The molecule has 2 nitrogen and oxygen atoms in total. The highest BCUT2D eigenvalue weighted by Crippen LogP contribution is 2.19. The maximum Gasteiger partial charge on any atom is 0.0346 e. The van der Waals surface area contributed by atoms with Crippen LogP contribution in [0.3, 0.4) is 0 Å². The smallest absolute Gasteiger partial charge is 0.0346 e. The van der Waals surface area contributed by atoms with Crippen molar-refractivity contribution in [3.05, 3.63) is 42.2 Å². The highest BCUT2D eigenvalue weighted by Gasteiger charge is 2.07. The van der Waals surface area contributed by atoms with Crippen LogP contribution in [0.15, 0.2) is 36.7 Å². The summed E-state index contributed by atoms with van der Waals surface area (Å²) in [6.07, 6.45) is 8.70. The van der Waals surface area contributed by atoms with Gasteiger partial charge in [-0.3, -0.25) is 4.98 Å². The molecule has 0 aliphatic carbocycles. The van der Waals surface area contributed by atoms with Gasteiger partial charge in [0.1, 0.15) is 0 Å². The first-order chi connectivity index (χ1) is 9.35. The Labute approximate surface area is 116 Å². The molecule has 1 aromatic carbocycles. The van der Waals surface area contributed by atoms with Gasteiger partial charge >= 0.3 is 0 Å². The van der Waals surface area contributed by atoms with Crippen LogP contribution in [0.2, 0.25) is 0 Å². The number of pyridine rings is 1. The number of rotatable bonds is 7. The molecule has 0 fully saturated rings. The van der Waals surface area contributed by atoms with Crippen LogP contribution in [0.5, 0.6) is 0 Å². The lowest BCUT2D eigenvalue weighted by Gasteiger charge is -2.17. The molecule has 1 atom stereocenters. The minimum absolute atomic E-state index is 0.645. The minimum atomic E-state index is 0.645. The maximum atomic E-state index is 4.20. The zero-order valence-electron chi connectivity index (χ0n) is 12.0. The van der Waals surface area contributed by atoms with Crippen LogP contribution in [0.1, 0.15) is 38.7 Å². The van der Waals surface area contributed by atoms with Gasteiger partial charge in [0.2, 0.25) is 0 Å². The normalized spacial score (nSPS) is 12.7. The van der Waals surface area contributed by atoms with Crippen LogP contribution < -0.4 is 5.32 Å². The Balaban J connectivity index is 2.08. The number of hydrogen-bond donors (Lipinski definition) is 1. The summed E-state index contributed by atoms with van der Waals surface area (Å²) in [7, 11) is 0. The molecule has 19 heavy (non-hydrogen) atoms. The van der Waals surface area contributed by atoms with Crippen LogP contribution in [-0.2, 0) is 6.42 Å². The van der Waals surface area contributed by atoms with Crippen molar-refractivity contribution in [1.82, 2.24) is 10.3 Å². The lowest BCUT2D eigenvalue weighted by molar-refractivity contribution is 0.460. The molecule has 0 aliphatic rings. The summed E-state index contributed by atoms with van der Waals surface area (Å²) in [5.41, 5.74) is 1.44. The molecule has 0 amide bonds. The second-order valence-electron chi connectivity index (χ2n) is 5.10. The first-order valence-corrected chi connectivity index (χ1v) is 7.40. The lowest BCUT2D eigenvalue weighted by atomic mass is 9.98. The topological polar surface area (TPSA) is 24.9 Å². The third-order valence-corrected chi connectivity index (χ3v) is 3.66. The molecule has 2 aromatic rings. The van der Waals surface area contributed by atoms with E-state index in [0.29, 0.717) is 6.04 Å². The van der Waals surface area contributed by atoms with Crippen LogP contribution in [-0.4, -0.2) is 17.6 Å². The molecule has 1 unspecified atom stereocenters. The molecule has 1 N–H and O–H groups in total. The Morgan fingerprint density at radius 3 is 2.84 bits per heavy atom. The molecule has 102 valence electrons. The summed E-state index contributed by atoms with van der Waals surface area (Å²) >= 11 is 0. The van der Waals surface area contributed by atoms with E-state index in [1.807, 2.05) is 12.4 Å². The number of nitrogens with one attached hydrogen (secondary N) is 1. The summed E-state index contributed by atoms with van der Waals surface area (Å²) in [6, 6.07) is 9.30. The Hall–Kier alpha value is -1.41. The molecule has 0 bridgehead atoms. The average molecular weight is 256 g/mol. The molecular weight excluding hydrogens is 232 g/mol. The second-order valence-corrected chi connectivity index (χ2v) is 5.10. The number of aromatic nitrogens is 1. The third-order valence-electron chi connectivity index (χ3n) is 3.66. The number of aryl methyl sites for hydroxylation is 1. The number of benzene rings is 1. The van der Waals surface area contributed by atoms with Gasteiger partial charge in [0.25, 0.3) is 0 Å². The number of fused-ring (bicyclic) bond motifs is 1. The maximum absolute atomic E-state index is 4.20. The van der Waals surface area contributed by atoms with Crippen LogP contribution in [0.4, 0.5) is 0 Å². The van der Waals surface area contributed by atoms with E-state index in [1.54, 1.807) is 0 Å². The largest absolute Gasteiger partial charge is 0.314 e. The molecule has 0 saturated carbocycles. The van der Waals surface area contributed by atoms with Crippen molar-refractivity contribution in [2.24, 2.45) is 0 Å². The zero-order chi connectivity index (χ0) is 13.5. The van der Waals surface area contributed by atoms with Crippen LogP contribution >= 0.6 is 0 Å². The monoisotopic (exact) mass is 256 g/mol. The van der Waals surface area contributed by atoms with Gasteiger partial charge < -0.3 is 5.32 Å². The standard InChI is InChI=1S/C17H24N2/c1-3-6-16(19-4-2)10-9-14-7-5-8-15-13-18-12-11-17(14)15/h5,7-8,11-13,16,19H,3-4,6,9-10H2,1-2H3. The van der Waals surface area contributed by atoms with Crippen molar-refractivity contribution in [1.29, 1.82) is 0 Å². The molecule has 0 saturated heterocycles. The van der Waals surface area contributed by atoms with E-state index < -0.39 is 0 Å². The van der Waals surface area contributed by atoms with Gasteiger partial charge in [-0.1, -0.05) is 38.5 Å². The van der Waals surface area contributed by atoms with Gasteiger partial charge in [0.15, 0.2) is 0 Å². The summed E-state index contributed by atoms with van der Waals surface area (Å²) in [4.78, 5) is 4.20. The summed E-state index contributed by atoms with van der Waals surface area (Å²) in [5, 5.41) is 6.19. The molecule has 0 spiro atoms. The summed E-state index contributed by atoms with van der Waals surface area (Å²) in [6.45, 7) is 5.50. The average Bonchev–Trinajstić information content (AvgIpc) is 2.45. The van der Waals surface area contributed by atoms with Crippen molar-refractivity contribution in [2.75, 3.05) is 6.54 Å². The van der Waals surface area contributed by atoms with E-state index in [2.05, 4.69) is 48.4 Å². The van der Waals surface area contributed by atoms with Crippen molar-refractivity contribution in [3.63, 3.8) is 0 Å². The fourth-order valence-electron chi connectivity index (χ4n) is 2.72. The Morgan fingerprint density at radius 2 is 2.05 bits per heavy atom. The van der Waals surface area contributed by atoms with Gasteiger partial charge in [-0.25, -0.2) is 0 Å². The van der Waals surface area contributed by atoms with E-state index >= 15 is 0 Å². The zero-order valence-corrected chi connectivity index (χ0v) is 12.0. The summed E-state index contributed by atoms with van der Waals surface area (Å²) < 4.78 is 0. The molecular formula is C17H24N2.